The molecule has 1 aromatic heterocycles. The molecule has 2 fully saturated rings. The van der Waals surface area contributed by atoms with Crippen LogP contribution in [0.2, 0.25) is 0 Å². The molecule has 28 heavy (non-hydrogen) atoms. The van der Waals surface area contributed by atoms with Crippen molar-refractivity contribution in [3.63, 3.8) is 0 Å². The second-order valence-corrected chi connectivity index (χ2v) is 8.15. The largest absolute Gasteiger partial charge is 0.494 e. The second-order valence-electron chi connectivity index (χ2n) is 8.15. The maximum atomic E-state index is 6.11. The summed E-state index contributed by atoms with van der Waals surface area (Å²) >= 11 is 0. The Hall–Kier alpha value is -1.85. The molecular weight excluding hydrogens is 350 g/mol. The van der Waals surface area contributed by atoms with E-state index >= 15 is 0 Å². The topological polar surface area (TPSA) is 39.5 Å². The van der Waals surface area contributed by atoms with Crippen LogP contribution in [-0.4, -0.2) is 47.0 Å². The van der Waals surface area contributed by atoms with Crippen molar-refractivity contribution in [2.24, 2.45) is 0 Å². The Labute approximate surface area is 168 Å². The van der Waals surface area contributed by atoms with Crippen LogP contribution in [0.3, 0.4) is 0 Å². The Bertz CT molecular complexity index is 729. The van der Waals surface area contributed by atoms with Crippen molar-refractivity contribution in [3.8, 4) is 11.4 Å². The molecular formula is C23H33N3O2. The fourth-order valence-corrected chi connectivity index (χ4v) is 4.31. The first-order valence-corrected chi connectivity index (χ1v) is 10.9. The lowest BCUT2D eigenvalue weighted by Gasteiger charge is -2.15. The molecule has 152 valence electrons. The lowest BCUT2D eigenvalue weighted by atomic mass is 10.3. The van der Waals surface area contributed by atoms with Gasteiger partial charge in [0.1, 0.15) is 5.75 Å². The fourth-order valence-electron chi connectivity index (χ4n) is 4.31. The van der Waals surface area contributed by atoms with Crippen molar-refractivity contribution in [2.45, 2.75) is 64.6 Å². The van der Waals surface area contributed by atoms with E-state index in [9.17, 15) is 0 Å². The van der Waals surface area contributed by atoms with Crippen molar-refractivity contribution in [3.05, 3.63) is 41.7 Å². The van der Waals surface area contributed by atoms with Crippen LogP contribution in [0, 0.1) is 6.92 Å². The molecule has 1 aromatic carbocycles. The molecule has 1 aliphatic heterocycles. The number of benzene rings is 1. The number of likely N-dealkylation sites (tertiary alicyclic amines) is 1. The first-order chi connectivity index (χ1) is 13.8. The maximum Gasteiger partial charge on any atom is 0.119 e. The molecule has 0 N–H and O–H groups in total. The third kappa shape index (κ3) is 5.15. The zero-order valence-electron chi connectivity index (χ0n) is 17.1. The van der Waals surface area contributed by atoms with E-state index in [4.69, 9.17) is 9.47 Å². The molecule has 0 bridgehead atoms. The summed E-state index contributed by atoms with van der Waals surface area (Å²) in [5.41, 5.74) is 3.19. The number of nitrogens with zero attached hydrogens (tertiary/aromatic N) is 3. The first kappa shape index (κ1) is 19.5. The van der Waals surface area contributed by atoms with Gasteiger partial charge in [-0.05, 0) is 82.4 Å². The van der Waals surface area contributed by atoms with Crippen molar-refractivity contribution in [1.29, 1.82) is 0 Å². The van der Waals surface area contributed by atoms with Gasteiger partial charge in [0.2, 0.25) is 0 Å². The van der Waals surface area contributed by atoms with E-state index in [1.165, 1.54) is 51.6 Å². The van der Waals surface area contributed by atoms with Crippen molar-refractivity contribution in [2.75, 3.05) is 26.2 Å². The van der Waals surface area contributed by atoms with Crippen molar-refractivity contribution in [1.82, 2.24) is 14.7 Å². The van der Waals surface area contributed by atoms with Crippen molar-refractivity contribution < 1.29 is 9.47 Å². The van der Waals surface area contributed by atoms with E-state index < -0.39 is 0 Å². The Morgan fingerprint density at radius 3 is 2.54 bits per heavy atom. The fraction of sp³-hybridized carbons (Fsp3) is 0.609. The van der Waals surface area contributed by atoms with E-state index in [1.54, 1.807) is 0 Å². The van der Waals surface area contributed by atoms with Gasteiger partial charge in [0, 0.05) is 6.54 Å². The highest BCUT2D eigenvalue weighted by Crippen LogP contribution is 2.23. The summed E-state index contributed by atoms with van der Waals surface area (Å²) in [5.74, 6) is 0.929. The van der Waals surface area contributed by atoms with Gasteiger partial charge in [-0.25, -0.2) is 4.68 Å². The molecule has 0 spiro atoms. The Balaban J connectivity index is 1.30. The maximum absolute atomic E-state index is 6.11. The van der Waals surface area contributed by atoms with Crippen LogP contribution in [0.15, 0.2) is 30.3 Å². The molecule has 2 aromatic rings. The van der Waals surface area contributed by atoms with Gasteiger partial charge in [-0.3, -0.25) is 0 Å². The van der Waals surface area contributed by atoms with Crippen LogP contribution >= 0.6 is 0 Å². The minimum absolute atomic E-state index is 0.417. The SMILES string of the molecule is Cc1cc(COC2CCCC2)n(-c2ccc(OCCCN3CCCC3)cc2)n1. The van der Waals surface area contributed by atoms with E-state index in [0.717, 1.165) is 42.4 Å². The molecule has 1 saturated heterocycles. The zero-order chi connectivity index (χ0) is 19.2. The summed E-state index contributed by atoms with van der Waals surface area (Å²) in [6.45, 7) is 7.09. The number of hydrogen-bond donors (Lipinski definition) is 0. The van der Waals surface area contributed by atoms with E-state index in [-0.39, 0.29) is 0 Å². The Kier molecular flexibility index (Phi) is 6.65. The lowest BCUT2D eigenvalue weighted by molar-refractivity contribution is 0.0427. The highest BCUT2D eigenvalue weighted by Gasteiger charge is 2.17. The van der Waals surface area contributed by atoms with Crippen molar-refractivity contribution >= 4 is 0 Å². The molecule has 0 radical (unpaired) electrons. The van der Waals surface area contributed by atoms with E-state index in [0.29, 0.717) is 12.7 Å². The quantitative estimate of drug-likeness (QED) is 0.598. The van der Waals surface area contributed by atoms with Crippen LogP contribution in [0.1, 0.15) is 56.3 Å². The molecule has 0 unspecified atom stereocenters. The predicted molar refractivity (Wildman–Crippen MR) is 111 cm³/mol. The number of aromatic nitrogens is 2. The molecule has 5 nitrogen and oxygen atoms in total. The molecule has 4 rings (SSSR count). The molecule has 5 heteroatoms. The molecule has 2 aliphatic rings. The third-order valence-electron chi connectivity index (χ3n) is 5.84. The molecule has 1 aliphatic carbocycles. The van der Waals surface area contributed by atoms with E-state index in [1.807, 2.05) is 23.7 Å². The highest BCUT2D eigenvalue weighted by atomic mass is 16.5. The molecule has 0 atom stereocenters. The van der Waals surface area contributed by atoms with Crippen LogP contribution in [0.5, 0.6) is 5.75 Å². The van der Waals surface area contributed by atoms with Crippen LogP contribution < -0.4 is 4.74 Å². The number of rotatable bonds is 9. The lowest BCUT2D eigenvalue weighted by Crippen LogP contribution is -2.21. The minimum atomic E-state index is 0.417. The predicted octanol–water partition coefficient (Wildman–Crippen LogP) is 4.50. The first-order valence-electron chi connectivity index (χ1n) is 10.9. The highest BCUT2D eigenvalue weighted by molar-refractivity contribution is 5.38. The van der Waals surface area contributed by atoms with Gasteiger partial charge in [0.15, 0.2) is 0 Å². The van der Waals surface area contributed by atoms with Gasteiger partial charge in [-0.2, -0.15) is 5.10 Å². The Morgan fingerprint density at radius 2 is 1.79 bits per heavy atom. The summed E-state index contributed by atoms with van der Waals surface area (Å²) in [5, 5.41) is 4.67. The third-order valence-corrected chi connectivity index (χ3v) is 5.84. The zero-order valence-corrected chi connectivity index (χ0v) is 17.1. The number of hydrogen-bond acceptors (Lipinski definition) is 4. The average Bonchev–Trinajstić information content (AvgIpc) is 3.46. The average molecular weight is 384 g/mol. The summed E-state index contributed by atoms with van der Waals surface area (Å²) in [6.07, 6.45) is 9.17. The van der Waals surface area contributed by atoms with E-state index in [2.05, 4.69) is 28.2 Å². The normalized spacial score (nSPS) is 18.2. The second kappa shape index (κ2) is 9.57. The standard InChI is InChI=1S/C23H33N3O2/c1-19-17-21(18-28-22-7-2-3-8-22)26(24-19)20-9-11-23(12-10-20)27-16-6-15-25-13-4-5-14-25/h9-12,17,22H,2-8,13-16,18H2,1H3. The minimum Gasteiger partial charge on any atom is -0.494 e. The number of ether oxygens (including phenoxy) is 2. The molecule has 2 heterocycles. The number of aryl methyl sites for hydroxylation is 1. The van der Waals surface area contributed by atoms with Gasteiger partial charge >= 0.3 is 0 Å². The summed E-state index contributed by atoms with van der Waals surface area (Å²) < 4.78 is 14.0. The van der Waals surface area contributed by atoms with Crippen LogP contribution in [0.25, 0.3) is 5.69 Å². The van der Waals surface area contributed by atoms with Gasteiger partial charge < -0.3 is 14.4 Å². The van der Waals surface area contributed by atoms with Crippen LogP contribution in [0.4, 0.5) is 0 Å². The smallest absolute Gasteiger partial charge is 0.119 e. The van der Waals surface area contributed by atoms with Gasteiger partial charge in [0.25, 0.3) is 0 Å². The molecule has 0 amide bonds. The van der Waals surface area contributed by atoms with Gasteiger partial charge in [-0.15, -0.1) is 0 Å². The Morgan fingerprint density at radius 1 is 1.04 bits per heavy atom. The monoisotopic (exact) mass is 383 g/mol. The summed E-state index contributed by atoms with van der Waals surface area (Å²) in [4.78, 5) is 2.53. The molecule has 1 saturated carbocycles. The summed E-state index contributed by atoms with van der Waals surface area (Å²) in [6, 6.07) is 10.4. The van der Waals surface area contributed by atoms with Gasteiger partial charge in [-0.1, -0.05) is 12.8 Å². The summed E-state index contributed by atoms with van der Waals surface area (Å²) in [7, 11) is 0. The van der Waals surface area contributed by atoms with Crippen LogP contribution in [-0.2, 0) is 11.3 Å². The van der Waals surface area contributed by atoms with Gasteiger partial charge in [0.05, 0.1) is 36.4 Å².